The molecule has 0 bridgehead atoms. The normalized spacial score (nSPS) is 10.5. The van der Waals surface area contributed by atoms with Crippen molar-refractivity contribution < 1.29 is 4.39 Å². The van der Waals surface area contributed by atoms with Crippen molar-refractivity contribution in [2.75, 3.05) is 10.6 Å². The molecule has 0 fully saturated rings. The number of aromatic nitrogens is 3. The molecule has 25 heavy (non-hydrogen) atoms. The van der Waals surface area contributed by atoms with Crippen molar-refractivity contribution >= 4 is 52.2 Å². The molecule has 0 saturated heterocycles. The lowest BCUT2D eigenvalue weighted by Crippen LogP contribution is -2.20. The van der Waals surface area contributed by atoms with Crippen molar-refractivity contribution in [3.63, 3.8) is 0 Å². The molecule has 0 aliphatic rings. The van der Waals surface area contributed by atoms with E-state index in [1.54, 1.807) is 28.9 Å². The Labute approximate surface area is 158 Å². The fourth-order valence-electron chi connectivity index (χ4n) is 2.10. The SMILES string of the molecule is Fc1cccc(Cn2cnc(NC(=S)Nc3cc(Cl)ccc3Cl)n2)c1. The zero-order valence-corrected chi connectivity index (χ0v) is 15.0. The van der Waals surface area contributed by atoms with E-state index >= 15 is 0 Å². The van der Waals surface area contributed by atoms with Crippen LogP contribution in [0.15, 0.2) is 48.8 Å². The van der Waals surface area contributed by atoms with Gasteiger partial charge in [0.1, 0.15) is 12.1 Å². The Bertz CT molecular complexity index is 915. The zero-order chi connectivity index (χ0) is 17.8. The molecule has 5 nitrogen and oxygen atoms in total. The lowest BCUT2D eigenvalue weighted by Gasteiger charge is -2.09. The van der Waals surface area contributed by atoms with Gasteiger partial charge >= 0.3 is 0 Å². The molecule has 0 unspecified atom stereocenters. The van der Waals surface area contributed by atoms with E-state index in [-0.39, 0.29) is 10.9 Å². The molecule has 0 aliphatic heterocycles. The molecule has 0 spiro atoms. The van der Waals surface area contributed by atoms with Crippen LogP contribution in [-0.2, 0) is 6.54 Å². The van der Waals surface area contributed by atoms with Crippen LogP contribution < -0.4 is 10.6 Å². The molecule has 9 heteroatoms. The van der Waals surface area contributed by atoms with E-state index in [1.807, 2.05) is 6.07 Å². The molecule has 2 N–H and O–H groups in total. The van der Waals surface area contributed by atoms with Crippen molar-refractivity contribution in [3.8, 4) is 0 Å². The first-order valence-corrected chi connectivity index (χ1v) is 8.33. The maximum absolute atomic E-state index is 13.2. The number of hydrogen-bond donors (Lipinski definition) is 2. The molecule has 3 aromatic rings. The Morgan fingerprint density at radius 1 is 1.16 bits per heavy atom. The van der Waals surface area contributed by atoms with Crippen molar-refractivity contribution in [1.82, 2.24) is 14.8 Å². The van der Waals surface area contributed by atoms with Gasteiger partial charge in [-0.1, -0.05) is 35.3 Å². The lowest BCUT2D eigenvalue weighted by molar-refractivity contribution is 0.619. The van der Waals surface area contributed by atoms with E-state index in [4.69, 9.17) is 35.4 Å². The van der Waals surface area contributed by atoms with Gasteiger partial charge in [-0.05, 0) is 48.1 Å². The van der Waals surface area contributed by atoms with Crippen LogP contribution in [0.4, 0.5) is 16.0 Å². The summed E-state index contributed by atoms with van der Waals surface area (Å²) in [6.45, 7) is 0.396. The van der Waals surface area contributed by atoms with Gasteiger partial charge in [0.15, 0.2) is 5.11 Å². The third-order valence-electron chi connectivity index (χ3n) is 3.17. The summed E-state index contributed by atoms with van der Waals surface area (Å²) in [6, 6.07) is 11.3. The largest absolute Gasteiger partial charge is 0.331 e. The molecule has 3 rings (SSSR count). The quantitative estimate of drug-likeness (QED) is 0.633. The summed E-state index contributed by atoms with van der Waals surface area (Å²) < 4.78 is 14.8. The molecular formula is C16H12Cl2FN5S. The first-order valence-electron chi connectivity index (χ1n) is 7.16. The summed E-state index contributed by atoms with van der Waals surface area (Å²) in [5.74, 6) is 0.0202. The van der Waals surface area contributed by atoms with E-state index in [9.17, 15) is 4.39 Å². The molecule has 1 aromatic heterocycles. The summed E-state index contributed by atoms with van der Waals surface area (Å²) in [7, 11) is 0. The van der Waals surface area contributed by atoms with Crippen LogP contribution in [-0.4, -0.2) is 19.9 Å². The standard InChI is InChI=1S/C16H12Cl2FN5S/c17-11-4-5-13(18)14(7-11)21-16(25)22-15-20-9-24(23-15)8-10-2-1-3-12(19)6-10/h1-7,9H,8H2,(H2,21,22,23,25). The average molecular weight is 396 g/mol. The molecule has 0 aliphatic carbocycles. The predicted molar refractivity (Wildman–Crippen MR) is 102 cm³/mol. The molecular weight excluding hydrogens is 384 g/mol. The lowest BCUT2D eigenvalue weighted by atomic mass is 10.2. The minimum atomic E-state index is -0.292. The van der Waals surface area contributed by atoms with E-state index < -0.39 is 0 Å². The van der Waals surface area contributed by atoms with Crippen molar-refractivity contribution in [1.29, 1.82) is 0 Å². The van der Waals surface area contributed by atoms with Gasteiger partial charge in [-0.2, -0.15) is 0 Å². The molecule has 2 aromatic carbocycles. The van der Waals surface area contributed by atoms with Crippen molar-refractivity contribution in [2.24, 2.45) is 0 Å². The summed E-state index contributed by atoms with van der Waals surface area (Å²) >= 11 is 17.2. The Hall–Kier alpha value is -2.22. The third kappa shape index (κ3) is 4.88. The number of anilines is 2. The van der Waals surface area contributed by atoms with Gasteiger partial charge in [0, 0.05) is 5.02 Å². The first kappa shape index (κ1) is 17.6. The Morgan fingerprint density at radius 3 is 2.80 bits per heavy atom. The van der Waals surface area contributed by atoms with Gasteiger partial charge in [0.25, 0.3) is 0 Å². The number of hydrogen-bond acceptors (Lipinski definition) is 3. The number of nitrogens with one attached hydrogen (secondary N) is 2. The highest BCUT2D eigenvalue weighted by atomic mass is 35.5. The number of thiocarbonyl (C=S) groups is 1. The second-order valence-electron chi connectivity index (χ2n) is 5.10. The highest BCUT2D eigenvalue weighted by Gasteiger charge is 2.07. The monoisotopic (exact) mass is 395 g/mol. The minimum absolute atomic E-state index is 0.271. The fourth-order valence-corrected chi connectivity index (χ4v) is 2.64. The Kier molecular flexibility index (Phi) is 5.47. The molecule has 0 radical (unpaired) electrons. The van der Waals surface area contributed by atoms with E-state index in [2.05, 4.69) is 20.7 Å². The van der Waals surface area contributed by atoms with Gasteiger partial charge in [-0.25, -0.2) is 14.1 Å². The maximum Gasteiger partial charge on any atom is 0.248 e. The van der Waals surface area contributed by atoms with Gasteiger partial charge in [-0.3, -0.25) is 5.32 Å². The third-order valence-corrected chi connectivity index (χ3v) is 3.94. The maximum atomic E-state index is 13.2. The average Bonchev–Trinajstić information content (AvgIpc) is 2.97. The number of rotatable bonds is 4. The van der Waals surface area contributed by atoms with Gasteiger partial charge < -0.3 is 5.32 Å². The van der Waals surface area contributed by atoms with Gasteiger partial charge in [0.05, 0.1) is 17.3 Å². The van der Waals surface area contributed by atoms with Gasteiger partial charge in [0.2, 0.25) is 5.95 Å². The van der Waals surface area contributed by atoms with Crippen LogP contribution in [0.2, 0.25) is 10.0 Å². The predicted octanol–water partition coefficient (Wildman–Crippen LogP) is 4.58. The number of benzene rings is 2. The summed E-state index contributed by atoms with van der Waals surface area (Å²) in [4.78, 5) is 4.12. The molecule has 0 amide bonds. The molecule has 0 atom stereocenters. The zero-order valence-electron chi connectivity index (χ0n) is 12.7. The van der Waals surface area contributed by atoms with Crippen LogP contribution in [0, 0.1) is 5.82 Å². The summed E-state index contributed by atoms with van der Waals surface area (Å²) in [5, 5.41) is 11.3. The van der Waals surface area contributed by atoms with Crippen molar-refractivity contribution in [3.05, 3.63) is 70.2 Å². The Morgan fingerprint density at radius 2 is 2.00 bits per heavy atom. The molecule has 1 heterocycles. The molecule has 128 valence electrons. The summed E-state index contributed by atoms with van der Waals surface area (Å²) in [5.41, 5.74) is 1.36. The fraction of sp³-hybridized carbons (Fsp3) is 0.0625. The van der Waals surface area contributed by atoms with E-state index in [0.29, 0.717) is 28.2 Å². The Balaban J connectivity index is 1.62. The van der Waals surface area contributed by atoms with E-state index in [1.165, 1.54) is 18.5 Å². The summed E-state index contributed by atoms with van der Waals surface area (Å²) in [6.07, 6.45) is 1.53. The van der Waals surface area contributed by atoms with Crippen LogP contribution in [0.5, 0.6) is 0 Å². The van der Waals surface area contributed by atoms with Crippen LogP contribution in [0.25, 0.3) is 0 Å². The molecule has 0 saturated carbocycles. The van der Waals surface area contributed by atoms with Gasteiger partial charge in [-0.15, -0.1) is 5.10 Å². The van der Waals surface area contributed by atoms with Crippen LogP contribution in [0.1, 0.15) is 5.56 Å². The first-order chi connectivity index (χ1) is 12.0. The van der Waals surface area contributed by atoms with E-state index in [0.717, 1.165) is 5.56 Å². The second-order valence-corrected chi connectivity index (χ2v) is 6.35. The topological polar surface area (TPSA) is 54.8 Å². The van der Waals surface area contributed by atoms with Crippen LogP contribution in [0.3, 0.4) is 0 Å². The number of halogens is 3. The highest BCUT2D eigenvalue weighted by Crippen LogP contribution is 2.25. The number of nitrogens with zero attached hydrogens (tertiary/aromatic N) is 3. The van der Waals surface area contributed by atoms with Crippen LogP contribution >= 0.6 is 35.4 Å². The smallest absolute Gasteiger partial charge is 0.248 e. The minimum Gasteiger partial charge on any atom is -0.331 e. The highest BCUT2D eigenvalue weighted by molar-refractivity contribution is 7.80. The van der Waals surface area contributed by atoms with Crippen molar-refractivity contribution in [2.45, 2.75) is 6.54 Å². The second kappa shape index (κ2) is 7.77.